The Morgan fingerprint density at radius 2 is 1.94 bits per heavy atom. The van der Waals surface area contributed by atoms with Crippen LogP contribution in [0.4, 0.5) is 0 Å². The van der Waals surface area contributed by atoms with Gasteiger partial charge in [0.2, 0.25) is 5.91 Å². The summed E-state index contributed by atoms with van der Waals surface area (Å²) in [5.74, 6) is 0.0944. The van der Waals surface area contributed by atoms with Crippen LogP contribution < -0.4 is 5.32 Å². The van der Waals surface area contributed by atoms with E-state index in [4.69, 9.17) is 0 Å². The third-order valence-electron chi connectivity index (χ3n) is 3.31. The lowest BCUT2D eigenvalue weighted by atomic mass is 9.82. The van der Waals surface area contributed by atoms with Crippen molar-refractivity contribution in [3.63, 3.8) is 0 Å². The van der Waals surface area contributed by atoms with E-state index in [0.29, 0.717) is 6.42 Å². The minimum absolute atomic E-state index is 0.0805. The van der Waals surface area contributed by atoms with Crippen molar-refractivity contribution < 1.29 is 9.90 Å². The van der Waals surface area contributed by atoms with Gasteiger partial charge in [-0.1, -0.05) is 35.2 Å². The van der Waals surface area contributed by atoms with Gasteiger partial charge >= 0.3 is 0 Å². The van der Waals surface area contributed by atoms with Gasteiger partial charge in [-0.05, 0) is 25.7 Å². The van der Waals surface area contributed by atoms with E-state index in [-0.39, 0.29) is 18.1 Å². The number of alkyl halides is 1. The van der Waals surface area contributed by atoms with Gasteiger partial charge in [0.1, 0.15) is 0 Å². The van der Waals surface area contributed by atoms with E-state index in [2.05, 4.69) is 21.2 Å². The molecule has 1 aliphatic rings. The standard InChI is InChI=1S/C12H22BrNO2/c13-9-5-2-6-11(16)14-12(10-15)7-3-1-4-8-12/h15H,1-10H2,(H,14,16). The second-order valence-corrected chi connectivity index (χ2v) is 5.49. The predicted octanol–water partition coefficient (Wildman–Crippen LogP) is 2.36. The minimum Gasteiger partial charge on any atom is -0.394 e. The first kappa shape index (κ1) is 14.0. The summed E-state index contributed by atoms with van der Waals surface area (Å²) >= 11 is 3.35. The van der Waals surface area contributed by atoms with E-state index in [1.807, 2.05) is 0 Å². The molecule has 0 unspecified atom stereocenters. The first-order valence-electron chi connectivity index (χ1n) is 6.20. The maximum Gasteiger partial charge on any atom is 0.220 e. The summed E-state index contributed by atoms with van der Waals surface area (Å²) in [4.78, 5) is 11.7. The van der Waals surface area contributed by atoms with Crippen molar-refractivity contribution >= 4 is 21.8 Å². The van der Waals surface area contributed by atoms with Crippen LogP contribution in [0.1, 0.15) is 51.4 Å². The molecule has 1 fully saturated rings. The van der Waals surface area contributed by atoms with Gasteiger partial charge in [0.05, 0.1) is 12.1 Å². The SMILES string of the molecule is O=C(CCCCBr)NC1(CO)CCCCC1. The van der Waals surface area contributed by atoms with E-state index < -0.39 is 0 Å². The van der Waals surface area contributed by atoms with Gasteiger partial charge in [0.15, 0.2) is 0 Å². The molecule has 0 radical (unpaired) electrons. The van der Waals surface area contributed by atoms with Crippen molar-refractivity contribution in [1.29, 1.82) is 0 Å². The molecule has 0 aromatic rings. The molecule has 0 aliphatic heterocycles. The lowest BCUT2D eigenvalue weighted by molar-refractivity contribution is -0.124. The van der Waals surface area contributed by atoms with Gasteiger partial charge < -0.3 is 10.4 Å². The first-order valence-corrected chi connectivity index (χ1v) is 7.32. The van der Waals surface area contributed by atoms with Crippen LogP contribution in [0.2, 0.25) is 0 Å². The van der Waals surface area contributed by atoms with E-state index >= 15 is 0 Å². The Morgan fingerprint density at radius 3 is 2.50 bits per heavy atom. The maximum atomic E-state index is 11.7. The number of carbonyl (C=O) groups excluding carboxylic acids is 1. The Bertz CT molecular complexity index is 215. The highest BCUT2D eigenvalue weighted by atomic mass is 79.9. The van der Waals surface area contributed by atoms with Crippen molar-refractivity contribution in [2.24, 2.45) is 0 Å². The number of aliphatic hydroxyl groups excluding tert-OH is 1. The highest BCUT2D eigenvalue weighted by Crippen LogP contribution is 2.27. The Kier molecular flexibility index (Phi) is 6.36. The number of carbonyl (C=O) groups is 1. The second-order valence-electron chi connectivity index (χ2n) is 4.69. The van der Waals surface area contributed by atoms with E-state index in [9.17, 15) is 9.90 Å². The molecule has 2 N–H and O–H groups in total. The molecule has 1 rings (SSSR count). The van der Waals surface area contributed by atoms with Crippen LogP contribution in [0, 0.1) is 0 Å². The summed E-state index contributed by atoms with van der Waals surface area (Å²) in [7, 11) is 0. The van der Waals surface area contributed by atoms with Crippen LogP contribution in [0.15, 0.2) is 0 Å². The van der Waals surface area contributed by atoms with Crippen molar-refractivity contribution in [2.75, 3.05) is 11.9 Å². The summed E-state index contributed by atoms with van der Waals surface area (Å²) in [6, 6.07) is 0. The Balaban J connectivity index is 2.33. The Labute approximate surface area is 106 Å². The molecule has 16 heavy (non-hydrogen) atoms. The number of unbranched alkanes of at least 4 members (excludes halogenated alkanes) is 1. The number of hydrogen-bond donors (Lipinski definition) is 2. The molecular weight excluding hydrogens is 270 g/mol. The van der Waals surface area contributed by atoms with Gasteiger partial charge in [-0.2, -0.15) is 0 Å². The van der Waals surface area contributed by atoms with Crippen molar-refractivity contribution in [2.45, 2.75) is 56.9 Å². The van der Waals surface area contributed by atoms with Crippen LogP contribution in [0.5, 0.6) is 0 Å². The van der Waals surface area contributed by atoms with E-state index in [1.54, 1.807) is 0 Å². The van der Waals surface area contributed by atoms with Gasteiger partial charge in [0.25, 0.3) is 0 Å². The van der Waals surface area contributed by atoms with Crippen LogP contribution in [-0.2, 0) is 4.79 Å². The van der Waals surface area contributed by atoms with Gasteiger partial charge in [-0.15, -0.1) is 0 Å². The fraction of sp³-hybridized carbons (Fsp3) is 0.917. The van der Waals surface area contributed by atoms with Gasteiger partial charge in [-0.3, -0.25) is 4.79 Å². The molecule has 0 bridgehead atoms. The lowest BCUT2D eigenvalue weighted by Crippen LogP contribution is -2.52. The lowest BCUT2D eigenvalue weighted by Gasteiger charge is -2.36. The summed E-state index contributed by atoms with van der Waals surface area (Å²) in [5, 5.41) is 13.4. The highest BCUT2D eigenvalue weighted by Gasteiger charge is 2.32. The molecule has 1 aliphatic carbocycles. The number of amides is 1. The van der Waals surface area contributed by atoms with Crippen LogP contribution in [-0.4, -0.2) is 28.5 Å². The molecule has 94 valence electrons. The third kappa shape index (κ3) is 4.42. The summed E-state index contributed by atoms with van der Waals surface area (Å²) < 4.78 is 0. The van der Waals surface area contributed by atoms with Crippen LogP contribution >= 0.6 is 15.9 Å². The molecule has 0 spiro atoms. The summed E-state index contributed by atoms with van der Waals surface area (Å²) in [6.07, 6.45) is 7.82. The monoisotopic (exact) mass is 291 g/mol. The Hall–Kier alpha value is -0.0900. The number of hydrogen-bond acceptors (Lipinski definition) is 2. The van der Waals surface area contributed by atoms with Crippen LogP contribution in [0.25, 0.3) is 0 Å². The molecule has 0 saturated heterocycles. The largest absolute Gasteiger partial charge is 0.394 e. The maximum absolute atomic E-state index is 11.7. The van der Waals surface area contributed by atoms with Crippen LogP contribution in [0.3, 0.4) is 0 Å². The molecule has 0 atom stereocenters. The second kappa shape index (κ2) is 7.28. The zero-order chi connectivity index (χ0) is 11.9. The minimum atomic E-state index is -0.316. The predicted molar refractivity (Wildman–Crippen MR) is 68.7 cm³/mol. The zero-order valence-corrected chi connectivity index (χ0v) is 11.4. The van der Waals surface area contributed by atoms with Gasteiger partial charge in [-0.25, -0.2) is 0 Å². The first-order chi connectivity index (χ1) is 7.72. The normalized spacial score (nSPS) is 19.4. The number of halogens is 1. The number of aliphatic hydroxyl groups is 1. The smallest absolute Gasteiger partial charge is 0.220 e. The Morgan fingerprint density at radius 1 is 1.25 bits per heavy atom. The molecule has 0 aromatic carbocycles. The fourth-order valence-electron chi connectivity index (χ4n) is 2.29. The summed E-state index contributed by atoms with van der Waals surface area (Å²) in [6.45, 7) is 0.0805. The highest BCUT2D eigenvalue weighted by molar-refractivity contribution is 9.09. The van der Waals surface area contributed by atoms with Crippen molar-refractivity contribution in [1.82, 2.24) is 5.32 Å². The van der Waals surface area contributed by atoms with E-state index in [0.717, 1.165) is 43.9 Å². The zero-order valence-electron chi connectivity index (χ0n) is 9.80. The number of nitrogens with one attached hydrogen (secondary N) is 1. The molecular formula is C12H22BrNO2. The quantitative estimate of drug-likeness (QED) is 0.583. The average Bonchev–Trinajstić information content (AvgIpc) is 2.30. The van der Waals surface area contributed by atoms with E-state index in [1.165, 1.54) is 6.42 Å². The van der Waals surface area contributed by atoms with Gasteiger partial charge in [0, 0.05) is 11.8 Å². The average molecular weight is 292 g/mol. The molecule has 0 aromatic heterocycles. The third-order valence-corrected chi connectivity index (χ3v) is 3.87. The number of rotatable bonds is 6. The van der Waals surface area contributed by atoms with Crippen molar-refractivity contribution in [3.8, 4) is 0 Å². The fourth-order valence-corrected chi connectivity index (χ4v) is 2.69. The molecule has 3 nitrogen and oxygen atoms in total. The molecule has 0 heterocycles. The van der Waals surface area contributed by atoms with Crippen molar-refractivity contribution in [3.05, 3.63) is 0 Å². The topological polar surface area (TPSA) is 49.3 Å². The summed E-state index contributed by atoms with van der Waals surface area (Å²) in [5.41, 5.74) is -0.316. The molecule has 1 saturated carbocycles. The molecule has 4 heteroatoms. The molecule has 1 amide bonds.